The van der Waals surface area contributed by atoms with Crippen molar-refractivity contribution in [2.75, 3.05) is 20.2 Å². The summed E-state index contributed by atoms with van der Waals surface area (Å²) in [6.45, 7) is 10.1. The summed E-state index contributed by atoms with van der Waals surface area (Å²) >= 11 is 0. The lowest BCUT2D eigenvalue weighted by molar-refractivity contribution is 0.187. The number of nitrogens with two attached hydrogens (primary N) is 1. The lowest BCUT2D eigenvalue weighted by Gasteiger charge is -2.25. The van der Waals surface area contributed by atoms with Gasteiger partial charge in [0.25, 0.3) is 0 Å². The van der Waals surface area contributed by atoms with Crippen LogP contribution in [0, 0.1) is 11.8 Å². The maximum absolute atomic E-state index is 5.62. The van der Waals surface area contributed by atoms with Crippen molar-refractivity contribution in [3.05, 3.63) is 47.2 Å². The first-order valence-corrected chi connectivity index (χ1v) is 8.88. The second kappa shape index (κ2) is 8.94. The smallest absolute Gasteiger partial charge is 0.203 e. The van der Waals surface area contributed by atoms with E-state index in [2.05, 4.69) is 42.6 Å². The minimum atomic E-state index is 0.525. The van der Waals surface area contributed by atoms with Crippen LogP contribution in [-0.4, -0.2) is 20.2 Å². The molecule has 5 nitrogen and oxygen atoms in total. The molecule has 1 fully saturated rings. The van der Waals surface area contributed by atoms with Gasteiger partial charge in [-0.25, -0.2) is 5.84 Å². The largest absolute Gasteiger partial charge is 0.478 e. The van der Waals surface area contributed by atoms with Crippen LogP contribution >= 0.6 is 0 Å². The van der Waals surface area contributed by atoms with Crippen molar-refractivity contribution in [3.8, 4) is 0 Å². The van der Waals surface area contributed by atoms with Crippen LogP contribution in [0.15, 0.2) is 47.2 Å². The van der Waals surface area contributed by atoms with Gasteiger partial charge in [0.15, 0.2) is 0 Å². The van der Waals surface area contributed by atoms with E-state index in [0.29, 0.717) is 18.4 Å². The third-order valence-corrected chi connectivity index (χ3v) is 4.57. The van der Waals surface area contributed by atoms with Gasteiger partial charge < -0.3 is 15.4 Å². The normalized spacial score (nSPS) is 21.4. The molecule has 1 unspecified atom stereocenters. The molecule has 2 aliphatic carbocycles. The minimum Gasteiger partial charge on any atom is -0.478 e. The second-order valence-corrected chi connectivity index (χ2v) is 6.83. The van der Waals surface area contributed by atoms with Crippen molar-refractivity contribution in [2.45, 2.75) is 39.5 Å². The van der Waals surface area contributed by atoms with E-state index in [-0.39, 0.29) is 0 Å². The van der Waals surface area contributed by atoms with E-state index >= 15 is 0 Å². The number of nitrogens with one attached hydrogen (secondary N) is 3. The summed E-state index contributed by atoms with van der Waals surface area (Å²) in [6.07, 6.45) is 8.84. The summed E-state index contributed by atoms with van der Waals surface area (Å²) in [7, 11) is 1.92. The van der Waals surface area contributed by atoms with Gasteiger partial charge in [-0.15, -0.1) is 0 Å². The second-order valence-electron chi connectivity index (χ2n) is 6.83. The fourth-order valence-electron chi connectivity index (χ4n) is 3.12. The third-order valence-electron chi connectivity index (χ3n) is 4.57. The van der Waals surface area contributed by atoms with Crippen molar-refractivity contribution < 1.29 is 4.74 Å². The maximum Gasteiger partial charge on any atom is 0.203 e. The van der Waals surface area contributed by atoms with Crippen LogP contribution in [0.3, 0.4) is 0 Å². The minimum absolute atomic E-state index is 0.525. The molecule has 1 saturated carbocycles. The topological polar surface area (TPSA) is 71.3 Å². The number of hydrogen-bond acceptors (Lipinski definition) is 5. The fraction of sp³-hybridized carbons (Fsp3) is 0.579. The first kappa shape index (κ1) is 18.6. The number of hydrogen-bond donors (Lipinski definition) is 4. The van der Waals surface area contributed by atoms with E-state index in [1.54, 1.807) is 5.57 Å². The Kier molecular flexibility index (Phi) is 6.94. The van der Waals surface area contributed by atoms with Gasteiger partial charge in [0, 0.05) is 17.5 Å². The predicted molar refractivity (Wildman–Crippen MR) is 99.5 cm³/mol. The highest BCUT2D eigenvalue weighted by Gasteiger charge is 2.31. The van der Waals surface area contributed by atoms with E-state index in [4.69, 9.17) is 10.6 Å². The zero-order chi connectivity index (χ0) is 17.5. The molecule has 2 rings (SSSR count). The molecule has 134 valence electrons. The van der Waals surface area contributed by atoms with Crippen LogP contribution < -0.4 is 21.9 Å². The molecule has 5 heteroatoms. The van der Waals surface area contributed by atoms with Gasteiger partial charge in [-0.2, -0.15) is 0 Å². The first-order valence-electron chi connectivity index (χ1n) is 8.88. The molecule has 2 aliphatic rings. The summed E-state index contributed by atoms with van der Waals surface area (Å²) in [5.74, 6) is 7.51. The van der Waals surface area contributed by atoms with E-state index in [0.717, 1.165) is 31.0 Å². The Hall–Kier alpha value is -1.72. The van der Waals surface area contributed by atoms with Gasteiger partial charge >= 0.3 is 0 Å². The molecule has 0 amide bonds. The van der Waals surface area contributed by atoms with Gasteiger partial charge in [0.2, 0.25) is 5.88 Å². The summed E-state index contributed by atoms with van der Waals surface area (Å²) in [5, 5.41) is 6.50. The molecule has 0 aromatic rings. The Bertz CT molecular complexity index is 544. The summed E-state index contributed by atoms with van der Waals surface area (Å²) in [5.41, 5.74) is 7.49. The molecule has 0 heterocycles. The van der Waals surface area contributed by atoms with Gasteiger partial charge in [0.05, 0.1) is 6.61 Å². The molecule has 0 aromatic carbocycles. The van der Waals surface area contributed by atoms with Crippen LogP contribution in [-0.2, 0) is 4.74 Å². The predicted octanol–water partition coefficient (Wildman–Crippen LogP) is 2.67. The summed E-state index contributed by atoms with van der Waals surface area (Å²) in [6, 6.07) is 0. The standard InChI is InChI=1S/C19H32N4O/c1-13-10-14(2)18(12-17(13)16-6-7-16)22-15(3)11-19(23-20)24-9-5-8-21-4/h11-13,16,21-23H,3,5-10,20H2,1-2,4H3/b19-11+. The Morgan fingerprint density at radius 2 is 2.21 bits per heavy atom. The molecule has 0 radical (unpaired) electrons. The molecule has 24 heavy (non-hydrogen) atoms. The van der Waals surface area contributed by atoms with Crippen molar-refractivity contribution in [1.82, 2.24) is 16.1 Å². The van der Waals surface area contributed by atoms with Crippen LogP contribution in [0.25, 0.3) is 0 Å². The van der Waals surface area contributed by atoms with Crippen LogP contribution in [0.4, 0.5) is 0 Å². The third kappa shape index (κ3) is 5.42. The highest BCUT2D eigenvalue weighted by molar-refractivity contribution is 5.38. The number of ether oxygens (including phenoxy) is 1. The summed E-state index contributed by atoms with van der Waals surface area (Å²) in [4.78, 5) is 0. The molecule has 5 N–H and O–H groups in total. The molecule has 0 spiro atoms. The Morgan fingerprint density at radius 3 is 2.83 bits per heavy atom. The molecule has 0 saturated heterocycles. The average Bonchev–Trinajstić information content (AvgIpc) is 3.37. The first-order chi connectivity index (χ1) is 11.5. The SMILES string of the molecule is C=C(/C=C(\NN)OCCCNC)NC1=C(C)CC(C)C(C2CC2)=C1. The van der Waals surface area contributed by atoms with Gasteiger partial charge in [-0.05, 0) is 69.7 Å². The molecule has 0 aliphatic heterocycles. The molecular formula is C19H32N4O. The highest BCUT2D eigenvalue weighted by atomic mass is 16.5. The summed E-state index contributed by atoms with van der Waals surface area (Å²) < 4.78 is 5.62. The highest BCUT2D eigenvalue weighted by Crippen LogP contribution is 2.44. The monoisotopic (exact) mass is 332 g/mol. The quantitative estimate of drug-likeness (QED) is 0.163. The van der Waals surface area contributed by atoms with E-state index in [1.807, 2.05) is 13.1 Å². The van der Waals surface area contributed by atoms with Crippen molar-refractivity contribution in [1.29, 1.82) is 0 Å². The molecule has 0 aromatic heterocycles. The van der Waals surface area contributed by atoms with Gasteiger partial charge in [-0.3, -0.25) is 5.43 Å². The van der Waals surface area contributed by atoms with Crippen molar-refractivity contribution in [2.24, 2.45) is 17.7 Å². The van der Waals surface area contributed by atoms with Crippen molar-refractivity contribution >= 4 is 0 Å². The van der Waals surface area contributed by atoms with Gasteiger partial charge in [0.1, 0.15) is 0 Å². The fourth-order valence-corrected chi connectivity index (χ4v) is 3.12. The molecule has 1 atom stereocenters. The lowest BCUT2D eigenvalue weighted by Crippen LogP contribution is -2.25. The number of rotatable bonds is 10. The Balaban J connectivity index is 1.94. The molecule has 0 bridgehead atoms. The van der Waals surface area contributed by atoms with Crippen LogP contribution in [0.2, 0.25) is 0 Å². The average molecular weight is 332 g/mol. The number of hydrazine groups is 1. The zero-order valence-electron chi connectivity index (χ0n) is 15.2. The van der Waals surface area contributed by atoms with E-state index in [9.17, 15) is 0 Å². The van der Waals surface area contributed by atoms with E-state index in [1.165, 1.54) is 24.1 Å². The lowest BCUT2D eigenvalue weighted by atomic mass is 9.85. The number of allylic oxidation sites excluding steroid dienone is 4. The Labute approximate surface area is 146 Å². The zero-order valence-corrected chi connectivity index (χ0v) is 15.2. The Morgan fingerprint density at radius 1 is 1.46 bits per heavy atom. The van der Waals surface area contributed by atoms with Crippen LogP contribution in [0.1, 0.15) is 39.5 Å². The maximum atomic E-state index is 5.62. The van der Waals surface area contributed by atoms with Crippen LogP contribution in [0.5, 0.6) is 0 Å². The van der Waals surface area contributed by atoms with Gasteiger partial charge in [-0.1, -0.05) is 19.1 Å². The van der Waals surface area contributed by atoms with E-state index < -0.39 is 0 Å². The van der Waals surface area contributed by atoms with Crippen molar-refractivity contribution in [3.63, 3.8) is 0 Å². The molecular weight excluding hydrogens is 300 g/mol.